The molecule has 0 spiro atoms. The molecule has 0 amide bonds. The molecule has 0 radical (unpaired) electrons. The summed E-state index contributed by atoms with van der Waals surface area (Å²) in [5.41, 5.74) is 2.37. The number of hydrogen-bond donors (Lipinski definition) is 2. The maximum atomic E-state index is 5.26. The van der Waals surface area contributed by atoms with E-state index in [1.807, 2.05) is 29.9 Å². The molecule has 6 heteroatoms. The van der Waals surface area contributed by atoms with E-state index in [9.17, 15) is 0 Å². The van der Waals surface area contributed by atoms with E-state index in [0.29, 0.717) is 11.7 Å². The fraction of sp³-hybridized carbons (Fsp3) is 0.286. The number of hydrogen-bond acceptors (Lipinski definition) is 2. The Morgan fingerprint density at radius 2 is 2.05 bits per heavy atom. The van der Waals surface area contributed by atoms with Gasteiger partial charge in [0.2, 0.25) is 0 Å². The Bertz CT molecular complexity index is 548. The Balaban J connectivity index is 1.71. The molecule has 0 fully saturated rings. The van der Waals surface area contributed by atoms with Crippen LogP contribution in [0.1, 0.15) is 11.3 Å². The van der Waals surface area contributed by atoms with Crippen LogP contribution in [0.4, 0.5) is 0 Å². The Morgan fingerprint density at radius 3 is 2.70 bits per heavy atom. The number of nitrogens with one attached hydrogen (secondary N) is 2. The summed E-state index contributed by atoms with van der Waals surface area (Å²) < 4.78 is 2.81. The van der Waals surface area contributed by atoms with E-state index in [2.05, 4.69) is 43.8 Å². The number of aromatic nitrogens is 2. The van der Waals surface area contributed by atoms with Crippen molar-refractivity contribution in [1.82, 2.24) is 20.4 Å². The highest BCUT2D eigenvalue weighted by atomic mass is 79.9. The van der Waals surface area contributed by atoms with Crippen molar-refractivity contribution in [3.63, 3.8) is 0 Å². The van der Waals surface area contributed by atoms with Gasteiger partial charge in [-0.2, -0.15) is 5.10 Å². The van der Waals surface area contributed by atoms with E-state index in [4.69, 9.17) is 12.2 Å². The van der Waals surface area contributed by atoms with Crippen LogP contribution in [-0.2, 0) is 20.0 Å². The summed E-state index contributed by atoms with van der Waals surface area (Å²) in [6, 6.07) is 10.3. The summed E-state index contributed by atoms with van der Waals surface area (Å²) in [5, 5.41) is 11.2. The van der Waals surface area contributed by atoms with Gasteiger partial charge in [0.05, 0.1) is 22.9 Å². The molecular weight excluding hydrogens is 336 g/mol. The van der Waals surface area contributed by atoms with Crippen LogP contribution in [0.3, 0.4) is 0 Å². The van der Waals surface area contributed by atoms with E-state index < -0.39 is 0 Å². The lowest BCUT2D eigenvalue weighted by atomic mass is 10.1. The smallest absolute Gasteiger partial charge is 0.166 e. The summed E-state index contributed by atoms with van der Waals surface area (Å²) in [7, 11) is 1.91. The van der Waals surface area contributed by atoms with Crippen molar-refractivity contribution in [2.24, 2.45) is 7.05 Å². The third kappa shape index (κ3) is 4.31. The second-order valence-electron chi connectivity index (χ2n) is 4.41. The average Bonchev–Trinajstić information content (AvgIpc) is 2.77. The van der Waals surface area contributed by atoms with Gasteiger partial charge >= 0.3 is 0 Å². The van der Waals surface area contributed by atoms with E-state index in [1.54, 1.807) is 6.20 Å². The highest BCUT2D eigenvalue weighted by molar-refractivity contribution is 9.10. The molecule has 0 aliphatic carbocycles. The van der Waals surface area contributed by atoms with Gasteiger partial charge in [-0.25, -0.2) is 0 Å². The summed E-state index contributed by atoms with van der Waals surface area (Å²) in [4.78, 5) is 0. The molecule has 0 bridgehead atoms. The maximum Gasteiger partial charge on any atom is 0.166 e. The third-order valence-corrected chi connectivity index (χ3v) is 3.92. The average molecular weight is 353 g/mol. The Morgan fingerprint density at radius 1 is 1.30 bits per heavy atom. The Labute approximate surface area is 132 Å². The fourth-order valence-electron chi connectivity index (χ4n) is 1.83. The summed E-state index contributed by atoms with van der Waals surface area (Å²) in [5.74, 6) is 0. The third-order valence-electron chi connectivity index (χ3n) is 2.97. The van der Waals surface area contributed by atoms with Crippen LogP contribution in [0, 0.1) is 0 Å². The zero-order valence-corrected chi connectivity index (χ0v) is 13.7. The van der Waals surface area contributed by atoms with Crippen molar-refractivity contribution in [2.45, 2.75) is 13.0 Å². The van der Waals surface area contributed by atoms with Gasteiger partial charge in [-0.15, -0.1) is 0 Å². The van der Waals surface area contributed by atoms with Crippen LogP contribution < -0.4 is 10.6 Å². The van der Waals surface area contributed by atoms with Gasteiger partial charge in [0, 0.05) is 13.6 Å². The molecular formula is C14H17BrN4S. The molecule has 106 valence electrons. The van der Waals surface area contributed by atoms with Crippen LogP contribution in [0.5, 0.6) is 0 Å². The standard InChI is InChI=1S/C14H17BrN4S/c1-19-13(12(15)9-18-19)10-17-14(20)16-8-7-11-5-3-2-4-6-11/h2-6,9H,7-8,10H2,1H3,(H2,16,17,20). The summed E-state index contributed by atoms with van der Waals surface area (Å²) in [6.45, 7) is 1.47. The molecule has 0 aliphatic heterocycles. The first kappa shape index (κ1) is 15.0. The Kier molecular flexibility index (Phi) is 5.55. The monoisotopic (exact) mass is 352 g/mol. The summed E-state index contributed by atoms with van der Waals surface area (Å²) >= 11 is 8.73. The van der Waals surface area contributed by atoms with E-state index in [-0.39, 0.29) is 0 Å². The molecule has 20 heavy (non-hydrogen) atoms. The van der Waals surface area contributed by atoms with Crippen molar-refractivity contribution in [3.8, 4) is 0 Å². The number of halogens is 1. The van der Waals surface area contributed by atoms with Gasteiger partial charge in [0.15, 0.2) is 5.11 Å². The molecule has 1 aromatic carbocycles. The molecule has 0 atom stereocenters. The normalized spacial score (nSPS) is 10.3. The van der Waals surface area contributed by atoms with Gasteiger partial charge in [0.1, 0.15) is 0 Å². The van der Waals surface area contributed by atoms with Crippen LogP contribution in [0.15, 0.2) is 41.0 Å². The highest BCUT2D eigenvalue weighted by Gasteiger charge is 2.05. The lowest BCUT2D eigenvalue weighted by Gasteiger charge is -2.11. The first-order valence-corrected chi connectivity index (χ1v) is 7.59. The molecule has 4 nitrogen and oxygen atoms in total. The summed E-state index contributed by atoms with van der Waals surface area (Å²) in [6.07, 6.45) is 2.74. The van der Waals surface area contributed by atoms with Crippen LogP contribution in [-0.4, -0.2) is 21.4 Å². The minimum absolute atomic E-state index is 0.647. The molecule has 2 aromatic rings. The highest BCUT2D eigenvalue weighted by Crippen LogP contribution is 2.14. The number of nitrogens with zero attached hydrogens (tertiary/aromatic N) is 2. The lowest BCUT2D eigenvalue weighted by Crippen LogP contribution is -2.36. The molecule has 2 N–H and O–H groups in total. The number of aryl methyl sites for hydroxylation is 1. The quantitative estimate of drug-likeness (QED) is 0.810. The van der Waals surface area contributed by atoms with Gasteiger partial charge in [-0.1, -0.05) is 30.3 Å². The molecule has 0 unspecified atom stereocenters. The second kappa shape index (κ2) is 7.40. The second-order valence-corrected chi connectivity index (χ2v) is 5.67. The van der Waals surface area contributed by atoms with Crippen LogP contribution in [0.25, 0.3) is 0 Å². The van der Waals surface area contributed by atoms with Crippen molar-refractivity contribution in [2.75, 3.05) is 6.54 Å². The number of thiocarbonyl (C=S) groups is 1. The van der Waals surface area contributed by atoms with Crippen molar-refractivity contribution in [1.29, 1.82) is 0 Å². The van der Waals surface area contributed by atoms with Gasteiger partial charge < -0.3 is 10.6 Å². The lowest BCUT2D eigenvalue weighted by molar-refractivity contribution is 0.686. The van der Waals surface area contributed by atoms with E-state index in [1.165, 1.54) is 5.56 Å². The molecule has 0 aliphatic rings. The molecule has 0 saturated carbocycles. The maximum absolute atomic E-state index is 5.26. The zero-order chi connectivity index (χ0) is 14.4. The largest absolute Gasteiger partial charge is 0.362 e. The van der Waals surface area contributed by atoms with Crippen molar-refractivity contribution < 1.29 is 0 Å². The minimum Gasteiger partial charge on any atom is -0.362 e. The fourth-order valence-corrected chi connectivity index (χ4v) is 2.49. The van der Waals surface area contributed by atoms with Crippen LogP contribution in [0.2, 0.25) is 0 Å². The number of benzene rings is 1. The first-order valence-electron chi connectivity index (χ1n) is 6.39. The van der Waals surface area contributed by atoms with E-state index >= 15 is 0 Å². The predicted octanol–water partition coefficient (Wildman–Crippen LogP) is 2.39. The zero-order valence-electron chi connectivity index (χ0n) is 11.3. The Hall–Kier alpha value is -1.40. The topological polar surface area (TPSA) is 41.9 Å². The molecule has 0 saturated heterocycles. The first-order chi connectivity index (χ1) is 9.66. The van der Waals surface area contributed by atoms with Crippen LogP contribution >= 0.6 is 28.1 Å². The number of rotatable bonds is 5. The molecule has 1 heterocycles. The van der Waals surface area contributed by atoms with Gasteiger partial charge in [0.25, 0.3) is 0 Å². The van der Waals surface area contributed by atoms with Crippen molar-refractivity contribution >= 4 is 33.3 Å². The van der Waals surface area contributed by atoms with Gasteiger partial charge in [-0.3, -0.25) is 4.68 Å². The molecule has 1 aromatic heterocycles. The SMILES string of the molecule is Cn1ncc(Br)c1CNC(=S)NCCc1ccccc1. The van der Waals surface area contributed by atoms with Crippen molar-refractivity contribution in [3.05, 3.63) is 52.3 Å². The van der Waals surface area contributed by atoms with E-state index in [0.717, 1.165) is 23.1 Å². The molecule has 2 rings (SSSR count). The minimum atomic E-state index is 0.647. The van der Waals surface area contributed by atoms with Gasteiger partial charge in [-0.05, 0) is 40.1 Å². The predicted molar refractivity (Wildman–Crippen MR) is 88.5 cm³/mol.